The van der Waals surface area contributed by atoms with Crippen LogP contribution in [0.4, 0.5) is 0 Å². The summed E-state index contributed by atoms with van der Waals surface area (Å²) in [4.78, 5) is 20.0. The molecule has 2 aromatic rings. The summed E-state index contributed by atoms with van der Waals surface area (Å²) >= 11 is 0. The fourth-order valence-corrected chi connectivity index (χ4v) is 4.67. The number of aliphatic hydroxyl groups is 1. The van der Waals surface area contributed by atoms with E-state index in [0.29, 0.717) is 12.3 Å². The van der Waals surface area contributed by atoms with Gasteiger partial charge >= 0.3 is 0 Å². The zero-order valence-electron chi connectivity index (χ0n) is 14.7. The molecule has 1 aliphatic rings. The third kappa shape index (κ3) is 3.46. The van der Waals surface area contributed by atoms with Gasteiger partial charge in [0, 0.05) is 17.8 Å². The van der Waals surface area contributed by atoms with Gasteiger partial charge in [0.1, 0.15) is 5.65 Å². The van der Waals surface area contributed by atoms with E-state index < -0.39 is 5.54 Å². The van der Waals surface area contributed by atoms with E-state index in [-0.39, 0.29) is 17.9 Å². The van der Waals surface area contributed by atoms with Crippen LogP contribution in [0.5, 0.6) is 0 Å². The average molecular weight is 329 g/mol. The number of hydrogen-bond acceptors (Lipinski definition) is 3. The standard InChI is InChI=1S/C19H27N3O2/c1-13-8-18(2,3)11-19(9-13,12-23)22-16(24)7-14-10-21-17-15(14)5-4-6-20-17/h4-6,10,13,23H,7-9,11-12H2,1-3H3,(H,20,21)(H,22,24)/t13-,19-/m0/s1. The average Bonchev–Trinajstić information content (AvgIpc) is 2.88. The zero-order valence-corrected chi connectivity index (χ0v) is 14.7. The minimum absolute atomic E-state index is 0.0120. The molecule has 0 spiro atoms. The quantitative estimate of drug-likeness (QED) is 0.807. The van der Waals surface area contributed by atoms with Crippen molar-refractivity contribution in [2.45, 2.75) is 52.0 Å². The SMILES string of the molecule is C[C@H]1CC(C)(C)C[C@@](CO)(NC(=O)Cc2c[nH]c3ncccc23)C1. The second kappa shape index (κ2) is 6.20. The van der Waals surface area contributed by atoms with Crippen LogP contribution in [0.3, 0.4) is 0 Å². The summed E-state index contributed by atoms with van der Waals surface area (Å²) in [6.07, 6.45) is 6.63. The van der Waals surface area contributed by atoms with Gasteiger partial charge in [-0.3, -0.25) is 4.79 Å². The highest BCUT2D eigenvalue weighted by Crippen LogP contribution is 2.43. The number of pyridine rings is 1. The number of rotatable bonds is 4. The first-order valence-corrected chi connectivity index (χ1v) is 8.65. The summed E-state index contributed by atoms with van der Waals surface area (Å²) < 4.78 is 0. The Balaban J connectivity index is 1.75. The highest BCUT2D eigenvalue weighted by atomic mass is 16.3. The summed E-state index contributed by atoms with van der Waals surface area (Å²) in [6.45, 7) is 6.61. The number of aliphatic hydroxyl groups excluding tert-OH is 1. The third-order valence-corrected chi connectivity index (χ3v) is 5.05. The number of H-pyrrole nitrogens is 1. The molecule has 2 heterocycles. The van der Waals surface area contributed by atoms with Crippen molar-refractivity contribution in [1.82, 2.24) is 15.3 Å². The summed E-state index contributed by atoms with van der Waals surface area (Å²) in [5.74, 6) is 0.442. The Bertz CT molecular complexity index is 737. The summed E-state index contributed by atoms with van der Waals surface area (Å²) in [5, 5.41) is 14.1. The lowest BCUT2D eigenvalue weighted by atomic mass is 9.64. The van der Waals surface area contributed by atoms with E-state index in [4.69, 9.17) is 0 Å². The van der Waals surface area contributed by atoms with Gasteiger partial charge in [0.05, 0.1) is 18.6 Å². The van der Waals surface area contributed by atoms with Crippen LogP contribution in [-0.2, 0) is 11.2 Å². The normalized spacial score (nSPS) is 26.4. The monoisotopic (exact) mass is 329 g/mol. The summed E-state index contributed by atoms with van der Waals surface area (Å²) in [7, 11) is 0. The molecular weight excluding hydrogens is 302 g/mol. The number of carbonyl (C=O) groups is 1. The van der Waals surface area contributed by atoms with Gasteiger partial charge in [-0.1, -0.05) is 20.8 Å². The number of aromatic amines is 1. The Labute approximate surface area is 142 Å². The van der Waals surface area contributed by atoms with Gasteiger partial charge in [-0.2, -0.15) is 0 Å². The van der Waals surface area contributed by atoms with Crippen molar-refractivity contribution in [1.29, 1.82) is 0 Å². The van der Waals surface area contributed by atoms with E-state index >= 15 is 0 Å². The van der Waals surface area contributed by atoms with E-state index in [1.54, 1.807) is 6.20 Å². The number of nitrogens with zero attached hydrogens (tertiary/aromatic N) is 1. The number of nitrogens with one attached hydrogen (secondary N) is 2. The maximum absolute atomic E-state index is 12.6. The number of fused-ring (bicyclic) bond motifs is 1. The van der Waals surface area contributed by atoms with E-state index in [9.17, 15) is 9.90 Å². The fourth-order valence-electron chi connectivity index (χ4n) is 4.67. The van der Waals surface area contributed by atoms with Crippen molar-refractivity contribution in [3.63, 3.8) is 0 Å². The largest absolute Gasteiger partial charge is 0.394 e. The molecule has 1 fully saturated rings. The predicted octanol–water partition coefficient (Wildman–Crippen LogP) is 2.80. The van der Waals surface area contributed by atoms with Crippen molar-refractivity contribution in [2.24, 2.45) is 11.3 Å². The highest BCUT2D eigenvalue weighted by Gasteiger charge is 2.43. The van der Waals surface area contributed by atoms with E-state index in [1.807, 2.05) is 18.3 Å². The van der Waals surface area contributed by atoms with Crippen LogP contribution in [0.1, 0.15) is 45.6 Å². The maximum Gasteiger partial charge on any atom is 0.225 e. The molecule has 0 unspecified atom stereocenters. The molecular formula is C19H27N3O2. The molecule has 2 atom stereocenters. The van der Waals surface area contributed by atoms with Crippen LogP contribution in [-0.4, -0.2) is 33.1 Å². The van der Waals surface area contributed by atoms with Crippen LogP contribution in [0.2, 0.25) is 0 Å². The molecule has 5 nitrogen and oxygen atoms in total. The van der Waals surface area contributed by atoms with E-state index in [0.717, 1.165) is 35.9 Å². The van der Waals surface area contributed by atoms with Gasteiger partial charge in [0.2, 0.25) is 5.91 Å². The molecule has 130 valence electrons. The Morgan fingerprint density at radius 3 is 2.96 bits per heavy atom. The number of amides is 1. The Morgan fingerprint density at radius 1 is 1.46 bits per heavy atom. The van der Waals surface area contributed by atoms with Crippen molar-refractivity contribution < 1.29 is 9.90 Å². The van der Waals surface area contributed by atoms with Gasteiger partial charge in [-0.25, -0.2) is 4.98 Å². The second-order valence-corrected chi connectivity index (χ2v) is 8.23. The van der Waals surface area contributed by atoms with Gasteiger partial charge in [-0.05, 0) is 48.3 Å². The van der Waals surface area contributed by atoms with Crippen molar-refractivity contribution in [3.05, 3.63) is 30.1 Å². The molecule has 1 aliphatic carbocycles. The lowest BCUT2D eigenvalue weighted by Gasteiger charge is -2.47. The maximum atomic E-state index is 12.6. The highest BCUT2D eigenvalue weighted by molar-refractivity contribution is 5.87. The molecule has 2 aromatic heterocycles. The molecule has 3 N–H and O–H groups in total. The van der Waals surface area contributed by atoms with Crippen LogP contribution in [0.25, 0.3) is 11.0 Å². The molecule has 1 amide bonds. The van der Waals surface area contributed by atoms with Crippen molar-refractivity contribution >= 4 is 16.9 Å². The molecule has 0 radical (unpaired) electrons. The molecule has 1 saturated carbocycles. The first kappa shape index (κ1) is 17.0. The molecule has 3 rings (SSSR count). The fraction of sp³-hybridized carbons (Fsp3) is 0.579. The molecule has 0 bridgehead atoms. The Hall–Kier alpha value is -1.88. The van der Waals surface area contributed by atoms with Gasteiger partial charge < -0.3 is 15.4 Å². The smallest absolute Gasteiger partial charge is 0.225 e. The molecule has 24 heavy (non-hydrogen) atoms. The Kier molecular flexibility index (Phi) is 4.38. The second-order valence-electron chi connectivity index (χ2n) is 8.23. The Morgan fingerprint density at radius 2 is 2.25 bits per heavy atom. The van der Waals surface area contributed by atoms with Crippen LogP contribution in [0.15, 0.2) is 24.5 Å². The molecule has 5 heteroatoms. The minimum Gasteiger partial charge on any atom is -0.394 e. The number of aromatic nitrogens is 2. The van der Waals surface area contributed by atoms with Gasteiger partial charge in [0.25, 0.3) is 0 Å². The van der Waals surface area contributed by atoms with Crippen LogP contribution in [0, 0.1) is 11.3 Å². The summed E-state index contributed by atoms with van der Waals surface area (Å²) in [5.41, 5.74) is 1.34. The molecule has 0 aliphatic heterocycles. The lowest BCUT2D eigenvalue weighted by Crippen LogP contribution is -2.57. The van der Waals surface area contributed by atoms with Crippen molar-refractivity contribution in [3.8, 4) is 0 Å². The van der Waals surface area contributed by atoms with E-state index in [2.05, 4.69) is 36.1 Å². The van der Waals surface area contributed by atoms with E-state index in [1.165, 1.54) is 0 Å². The topological polar surface area (TPSA) is 78.0 Å². The number of hydrogen-bond donors (Lipinski definition) is 3. The predicted molar refractivity (Wildman–Crippen MR) is 94.6 cm³/mol. The third-order valence-electron chi connectivity index (χ3n) is 5.05. The minimum atomic E-state index is -0.511. The van der Waals surface area contributed by atoms with Crippen LogP contribution < -0.4 is 5.32 Å². The lowest BCUT2D eigenvalue weighted by molar-refractivity contribution is -0.124. The van der Waals surface area contributed by atoms with Gasteiger partial charge in [-0.15, -0.1) is 0 Å². The first-order valence-electron chi connectivity index (χ1n) is 8.65. The van der Waals surface area contributed by atoms with Gasteiger partial charge in [0.15, 0.2) is 0 Å². The summed E-state index contributed by atoms with van der Waals surface area (Å²) in [6, 6.07) is 3.84. The molecule has 0 aromatic carbocycles. The zero-order chi connectivity index (χ0) is 17.4. The molecule has 0 saturated heterocycles. The number of carbonyl (C=O) groups excluding carboxylic acids is 1. The van der Waals surface area contributed by atoms with Crippen LogP contribution >= 0.6 is 0 Å². The first-order chi connectivity index (χ1) is 11.3. The van der Waals surface area contributed by atoms with Crippen molar-refractivity contribution in [2.75, 3.05) is 6.61 Å².